The fourth-order valence-electron chi connectivity index (χ4n) is 2.70. The van der Waals surface area contributed by atoms with Crippen molar-refractivity contribution in [1.82, 2.24) is 15.3 Å². The molecule has 0 aliphatic carbocycles. The Labute approximate surface area is 145 Å². The van der Waals surface area contributed by atoms with E-state index in [1.165, 1.54) is 11.8 Å². The van der Waals surface area contributed by atoms with Gasteiger partial charge in [-0.1, -0.05) is 30.0 Å². The quantitative estimate of drug-likeness (QED) is 0.655. The molecule has 6 nitrogen and oxygen atoms in total. The Morgan fingerprint density at radius 1 is 1.33 bits per heavy atom. The molecule has 0 spiro atoms. The first-order chi connectivity index (χ1) is 11.3. The molecule has 1 fully saturated rings. The maximum Gasteiger partial charge on any atom is 0.233 e. The van der Waals surface area contributed by atoms with Gasteiger partial charge in [0.1, 0.15) is 10.9 Å². The van der Waals surface area contributed by atoms with E-state index in [2.05, 4.69) is 15.3 Å². The van der Waals surface area contributed by atoms with Crippen LogP contribution in [0.4, 0.5) is 0 Å². The molecule has 0 unspecified atom stereocenters. The van der Waals surface area contributed by atoms with Crippen LogP contribution in [0.3, 0.4) is 0 Å². The summed E-state index contributed by atoms with van der Waals surface area (Å²) >= 11 is 1.37. The second-order valence-electron chi connectivity index (χ2n) is 5.96. The zero-order valence-electron chi connectivity index (χ0n) is 13.5. The van der Waals surface area contributed by atoms with Crippen molar-refractivity contribution >= 4 is 38.4 Å². The van der Waals surface area contributed by atoms with Crippen LogP contribution in [0, 0.1) is 6.92 Å². The molecule has 1 aliphatic rings. The van der Waals surface area contributed by atoms with Crippen molar-refractivity contribution in [3.8, 4) is 0 Å². The van der Waals surface area contributed by atoms with E-state index in [0.29, 0.717) is 12.2 Å². The van der Waals surface area contributed by atoms with E-state index in [1.807, 2.05) is 31.2 Å². The molecule has 2 atom stereocenters. The number of hydrogen-bond acceptors (Lipinski definition) is 6. The SMILES string of the molecule is Cc1nc(S[C@@H](C)C(=O)N[C@H]2CCS(=O)(=O)C2)c2ccccc2n1. The number of rotatable bonds is 4. The summed E-state index contributed by atoms with van der Waals surface area (Å²) in [7, 11) is -3.00. The minimum atomic E-state index is -3.00. The third-order valence-corrected chi connectivity index (χ3v) is 6.79. The Morgan fingerprint density at radius 2 is 2.08 bits per heavy atom. The van der Waals surface area contributed by atoms with E-state index in [4.69, 9.17) is 0 Å². The molecular weight excluding hydrogens is 346 g/mol. The first kappa shape index (κ1) is 17.2. The molecule has 1 N–H and O–H groups in total. The van der Waals surface area contributed by atoms with Crippen molar-refractivity contribution in [3.63, 3.8) is 0 Å². The summed E-state index contributed by atoms with van der Waals surface area (Å²) in [4.78, 5) is 21.2. The van der Waals surface area contributed by atoms with E-state index >= 15 is 0 Å². The largest absolute Gasteiger partial charge is 0.351 e. The number of aryl methyl sites for hydroxylation is 1. The summed E-state index contributed by atoms with van der Waals surface area (Å²) in [6.45, 7) is 3.63. The van der Waals surface area contributed by atoms with E-state index in [0.717, 1.165) is 15.9 Å². The highest BCUT2D eigenvalue weighted by Crippen LogP contribution is 2.28. The van der Waals surface area contributed by atoms with E-state index < -0.39 is 9.84 Å². The van der Waals surface area contributed by atoms with Gasteiger partial charge >= 0.3 is 0 Å². The molecule has 128 valence electrons. The lowest BCUT2D eigenvalue weighted by atomic mass is 10.2. The lowest BCUT2D eigenvalue weighted by Crippen LogP contribution is -2.39. The minimum Gasteiger partial charge on any atom is -0.351 e. The molecule has 2 heterocycles. The summed E-state index contributed by atoms with van der Waals surface area (Å²) in [5, 5.41) is 4.14. The molecule has 1 saturated heterocycles. The van der Waals surface area contributed by atoms with Gasteiger partial charge in [-0.25, -0.2) is 18.4 Å². The topological polar surface area (TPSA) is 89.0 Å². The maximum absolute atomic E-state index is 12.4. The molecule has 2 aromatic rings. The van der Waals surface area contributed by atoms with Crippen molar-refractivity contribution in [2.75, 3.05) is 11.5 Å². The number of hydrogen-bond donors (Lipinski definition) is 1. The summed E-state index contributed by atoms with van der Waals surface area (Å²) in [5.74, 6) is 0.675. The molecule has 0 bridgehead atoms. The zero-order chi connectivity index (χ0) is 17.3. The highest BCUT2D eigenvalue weighted by molar-refractivity contribution is 8.00. The number of carbonyl (C=O) groups is 1. The highest BCUT2D eigenvalue weighted by atomic mass is 32.2. The van der Waals surface area contributed by atoms with Gasteiger partial charge in [0.15, 0.2) is 9.84 Å². The predicted molar refractivity (Wildman–Crippen MR) is 94.8 cm³/mol. The fraction of sp³-hybridized carbons (Fsp3) is 0.438. The molecule has 1 amide bonds. The number of amides is 1. The number of nitrogens with one attached hydrogen (secondary N) is 1. The van der Waals surface area contributed by atoms with Gasteiger partial charge in [0.25, 0.3) is 0 Å². The van der Waals surface area contributed by atoms with Gasteiger partial charge < -0.3 is 5.32 Å². The first-order valence-electron chi connectivity index (χ1n) is 7.75. The van der Waals surface area contributed by atoms with Crippen molar-refractivity contribution in [2.24, 2.45) is 0 Å². The molecular formula is C16H19N3O3S2. The van der Waals surface area contributed by atoms with Gasteiger partial charge in [0, 0.05) is 11.4 Å². The Kier molecular flexibility index (Phi) is 4.78. The van der Waals surface area contributed by atoms with Crippen LogP contribution in [-0.2, 0) is 14.6 Å². The minimum absolute atomic E-state index is 0.0334. The van der Waals surface area contributed by atoms with Crippen LogP contribution in [0.1, 0.15) is 19.2 Å². The van der Waals surface area contributed by atoms with E-state index in [9.17, 15) is 13.2 Å². The molecule has 1 aromatic carbocycles. The number of fused-ring (bicyclic) bond motifs is 1. The molecule has 8 heteroatoms. The molecule has 1 aromatic heterocycles. The molecule has 1 aliphatic heterocycles. The van der Waals surface area contributed by atoms with E-state index in [-0.39, 0.29) is 28.7 Å². The maximum atomic E-state index is 12.4. The number of sulfone groups is 1. The van der Waals surface area contributed by atoms with Gasteiger partial charge in [-0.3, -0.25) is 4.79 Å². The lowest BCUT2D eigenvalue weighted by molar-refractivity contribution is -0.120. The van der Waals surface area contributed by atoms with E-state index in [1.54, 1.807) is 6.92 Å². The van der Waals surface area contributed by atoms with Crippen LogP contribution >= 0.6 is 11.8 Å². The van der Waals surface area contributed by atoms with Gasteiger partial charge in [0.2, 0.25) is 5.91 Å². The highest BCUT2D eigenvalue weighted by Gasteiger charge is 2.30. The number of carbonyl (C=O) groups excluding carboxylic acids is 1. The number of aromatic nitrogens is 2. The van der Waals surface area contributed by atoms with Gasteiger partial charge in [-0.2, -0.15) is 0 Å². The monoisotopic (exact) mass is 365 g/mol. The van der Waals surface area contributed by atoms with Crippen LogP contribution in [0.15, 0.2) is 29.3 Å². The smallest absolute Gasteiger partial charge is 0.233 e. The van der Waals surface area contributed by atoms with Crippen molar-refractivity contribution in [2.45, 2.75) is 36.6 Å². The third-order valence-electron chi connectivity index (χ3n) is 3.92. The third kappa shape index (κ3) is 3.87. The summed E-state index contributed by atoms with van der Waals surface area (Å²) in [6.07, 6.45) is 0.487. The Bertz CT molecular complexity index is 883. The van der Waals surface area contributed by atoms with Gasteiger partial charge in [0.05, 0.1) is 22.3 Å². The zero-order valence-corrected chi connectivity index (χ0v) is 15.2. The van der Waals surface area contributed by atoms with Gasteiger partial charge in [-0.05, 0) is 26.3 Å². The Hall–Kier alpha value is -1.67. The van der Waals surface area contributed by atoms with Gasteiger partial charge in [-0.15, -0.1) is 0 Å². The lowest BCUT2D eigenvalue weighted by Gasteiger charge is -2.16. The Balaban J connectivity index is 1.73. The second kappa shape index (κ2) is 6.68. The summed E-state index contributed by atoms with van der Waals surface area (Å²) < 4.78 is 23.0. The first-order valence-corrected chi connectivity index (χ1v) is 10.4. The molecule has 3 rings (SSSR count). The number of thioether (sulfide) groups is 1. The van der Waals surface area contributed by atoms with Crippen LogP contribution in [0.5, 0.6) is 0 Å². The molecule has 24 heavy (non-hydrogen) atoms. The standard InChI is InChI=1S/C16H19N3O3S2/c1-10(15(20)19-12-7-8-24(21,22)9-12)23-16-13-5-3-4-6-14(13)17-11(2)18-16/h3-6,10,12H,7-9H2,1-2H3,(H,19,20)/t10-,12-/m0/s1. The number of benzene rings is 1. The van der Waals surface area contributed by atoms with Crippen LogP contribution in [0.25, 0.3) is 10.9 Å². The average molecular weight is 365 g/mol. The fourth-order valence-corrected chi connectivity index (χ4v) is 5.36. The van der Waals surface area contributed by atoms with Crippen molar-refractivity contribution in [3.05, 3.63) is 30.1 Å². The van der Waals surface area contributed by atoms with Crippen molar-refractivity contribution < 1.29 is 13.2 Å². The van der Waals surface area contributed by atoms with Crippen molar-refractivity contribution in [1.29, 1.82) is 0 Å². The van der Waals surface area contributed by atoms with Crippen LogP contribution in [-0.4, -0.2) is 47.1 Å². The summed E-state index contributed by atoms with van der Waals surface area (Å²) in [6, 6.07) is 7.40. The summed E-state index contributed by atoms with van der Waals surface area (Å²) in [5.41, 5.74) is 0.849. The molecule has 0 saturated carbocycles. The van der Waals surface area contributed by atoms with Crippen LogP contribution < -0.4 is 5.32 Å². The average Bonchev–Trinajstić information content (AvgIpc) is 2.85. The second-order valence-corrected chi connectivity index (χ2v) is 9.52. The molecule has 0 radical (unpaired) electrons. The Morgan fingerprint density at radius 3 is 2.79 bits per heavy atom. The normalized spacial score (nSPS) is 20.8. The number of nitrogens with zero attached hydrogens (tertiary/aromatic N) is 2. The predicted octanol–water partition coefficient (Wildman–Crippen LogP) is 1.72. The number of para-hydroxylation sites is 1. The van der Waals surface area contributed by atoms with Crippen LogP contribution in [0.2, 0.25) is 0 Å².